The zero-order valence-electron chi connectivity index (χ0n) is 10.4. The lowest BCUT2D eigenvalue weighted by Gasteiger charge is -2.30. The monoisotopic (exact) mass is 220 g/mol. The first-order valence-electron chi connectivity index (χ1n) is 6.20. The third-order valence-electron chi connectivity index (χ3n) is 2.77. The Hall–Kier alpha value is -1.06. The Morgan fingerprint density at radius 1 is 1.33 bits per heavy atom. The number of piperazine rings is 1. The molecule has 1 aliphatic rings. The minimum Gasteiger partial charge on any atom is -0.368 e. The van der Waals surface area contributed by atoms with Crippen LogP contribution in [0.3, 0.4) is 0 Å². The van der Waals surface area contributed by atoms with Gasteiger partial charge in [0.25, 0.3) is 0 Å². The normalized spacial score (nSPS) is 19.1. The molecule has 1 aliphatic heterocycles. The van der Waals surface area contributed by atoms with Crippen LogP contribution in [-0.4, -0.2) is 26.2 Å². The van der Waals surface area contributed by atoms with Crippen molar-refractivity contribution in [3.63, 3.8) is 0 Å². The minimum absolute atomic E-state index is 0.471. The van der Waals surface area contributed by atoms with Crippen molar-refractivity contribution in [1.29, 1.82) is 0 Å². The number of nitrogens with zero attached hydrogens (tertiary/aromatic N) is 1. The summed E-state index contributed by atoms with van der Waals surface area (Å²) in [5.41, 5.74) is 0.999. The Labute approximate surface area is 96.3 Å². The molecule has 15 heavy (non-hydrogen) atoms. The summed E-state index contributed by atoms with van der Waals surface area (Å²) in [6.07, 6.45) is 0. The van der Waals surface area contributed by atoms with Crippen molar-refractivity contribution in [3.05, 3.63) is 29.6 Å². The molecule has 78 valence electrons. The Kier molecular flexibility index (Phi) is 1.85. The fourth-order valence-corrected chi connectivity index (χ4v) is 2.76. The smallest absolute Gasteiger partial charge is 0.0645 e. The van der Waals surface area contributed by atoms with E-state index in [0.717, 1.165) is 42.0 Å². The van der Waals surface area contributed by atoms with Crippen LogP contribution in [0, 0.1) is 0 Å². The molecule has 0 bridgehead atoms. The van der Waals surface area contributed by atoms with Crippen molar-refractivity contribution in [2.75, 3.05) is 31.1 Å². The SMILES string of the molecule is [2H]c1cc([2H])c2sccc2c1N1CCNCC1. The predicted molar refractivity (Wildman–Crippen MR) is 66.9 cm³/mol. The molecule has 1 aromatic carbocycles. The molecule has 0 amide bonds. The standard InChI is InChI=1S/C12H14N2S/c1-2-11(14-7-5-13-6-8-14)10-4-9-15-12(10)3-1/h1-4,9,13H,5-8H2/i2D,3D. The van der Waals surface area contributed by atoms with Crippen molar-refractivity contribution in [2.45, 2.75) is 0 Å². The number of hydrogen-bond acceptors (Lipinski definition) is 3. The van der Waals surface area contributed by atoms with Crippen LogP contribution < -0.4 is 10.2 Å². The molecule has 0 radical (unpaired) electrons. The second kappa shape index (κ2) is 3.83. The first kappa shape index (κ1) is 7.25. The molecule has 1 aromatic heterocycles. The molecule has 3 heteroatoms. The second-order valence-electron chi connectivity index (χ2n) is 3.68. The molecular formula is C12H14N2S. The van der Waals surface area contributed by atoms with E-state index in [1.54, 1.807) is 17.4 Å². The Balaban J connectivity index is 2.16. The van der Waals surface area contributed by atoms with Crippen LogP contribution in [0.2, 0.25) is 0 Å². The zero-order valence-corrected chi connectivity index (χ0v) is 9.23. The van der Waals surface area contributed by atoms with E-state index in [-0.39, 0.29) is 0 Å². The lowest BCUT2D eigenvalue weighted by Crippen LogP contribution is -2.43. The van der Waals surface area contributed by atoms with Crippen LogP contribution in [0.15, 0.2) is 29.6 Å². The topological polar surface area (TPSA) is 15.3 Å². The molecular weight excluding hydrogens is 204 g/mol. The van der Waals surface area contributed by atoms with Gasteiger partial charge in [-0.1, -0.05) is 6.07 Å². The molecule has 0 unspecified atom stereocenters. The highest BCUT2D eigenvalue weighted by atomic mass is 32.1. The number of nitrogens with one attached hydrogen (secondary N) is 1. The first-order chi connectivity index (χ1) is 8.27. The van der Waals surface area contributed by atoms with E-state index in [1.165, 1.54) is 0 Å². The van der Waals surface area contributed by atoms with Gasteiger partial charge in [-0.2, -0.15) is 0 Å². The van der Waals surface area contributed by atoms with Crippen molar-refractivity contribution >= 4 is 27.1 Å². The van der Waals surface area contributed by atoms with Crippen molar-refractivity contribution < 1.29 is 2.74 Å². The fraction of sp³-hybridized carbons (Fsp3) is 0.333. The average Bonchev–Trinajstić information content (AvgIpc) is 2.79. The largest absolute Gasteiger partial charge is 0.368 e. The highest BCUT2D eigenvalue weighted by Gasteiger charge is 2.12. The Morgan fingerprint density at radius 3 is 3.07 bits per heavy atom. The Morgan fingerprint density at radius 2 is 2.20 bits per heavy atom. The highest BCUT2D eigenvalue weighted by molar-refractivity contribution is 7.17. The molecule has 2 nitrogen and oxygen atoms in total. The van der Waals surface area contributed by atoms with Crippen LogP contribution in [-0.2, 0) is 0 Å². The molecule has 2 heterocycles. The zero-order chi connectivity index (χ0) is 11.8. The van der Waals surface area contributed by atoms with Gasteiger partial charge in [-0.3, -0.25) is 0 Å². The van der Waals surface area contributed by atoms with Crippen molar-refractivity contribution in [1.82, 2.24) is 5.32 Å². The van der Waals surface area contributed by atoms with Crippen LogP contribution >= 0.6 is 11.3 Å². The predicted octanol–water partition coefficient (Wildman–Crippen LogP) is 2.31. The molecule has 3 rings (SSSR count). The van der Waals surface area contributed by atoms with Crippen LogP contribution in [0.25, 0.3) is 10.1 Å². The van der Waals surface area contributed by atoms with E-state index in [4.69, 9.17) is 2.74 Å². The summed E-state index contributed by atoms with van der Waals surface area (Å²) in [5.74, 6) is 0. The lowest BCUT2D eigenvalue weighted by atomic mass is 10.2. The number of benzene rings is 1. The summed E-state index contributed by atoms with van der Waals surface area (Å²) in [7, 11) is 0. The molecule has 1 saturated heterocycles. The molecule has 1 N–H and O–H groups in total. The van der Waals surface area contributed by atoms with Crippen LogP contribution in [0.4, 0.5) is 5.69 Å². The molecule has 1 fully saturated rings. The summed E-state index contributed by atoms with van der Waals surface area (Å²) in [6, 6.07) is 4.64. The van der Waals surface area contributed by atoms with E-state index >= 15 is 0 Å². The van der Waals surface area contributed by atoms with E-state index in [1.807, 2.05) is 11.4 Å². The maximum atomic E-state index is 8.09. The maximum absolute atomic E-state index is 8.09. The van der Waals surface area contributed by atoms with Gasteiger partial charge in [-0.25, -0.2) is 0 Å². The third-order valence-corrected chi connectivity index (χ3v) is 3.61. The molecule has 0 atom stereocenters. The van der Waals surface area contributed by atoms with Gasteiger partial charge < -0.3 is 10.2 Å². The third kappa shape index (κ3) is 1.62. The van der Waals surface area contributed by atoms with E-state index < -0.39 is 0 Å². The van der Waals surface area contributed by atoms with Gasteiger partial charge in [0.15, 0.2) is 0 Å². The average molecular weight is 220 g/mol. The maximum Gasteiger partial charge on any atom is 0.0645 e. The van der Waals surface area contributed by atoms with Gasteiger partial charge in [-0.05, 0) is 23.5 Å². The Bertz CT molecular complexity index is 547. The number of fused-ring (bicyclic) bond motifs is 1. The van der Waals surface area contributed by atoms with Gasteiger partial charge in [0.05, 0.1) is 2.74 Å². The summed E-state index contributed by atoms with van der Waals surface area (Å²) < 4.78 is 17.0. The molecule has 0 aliphatic carbocycles. The van der Waals surface area contributed by atoms with E-state index in [0.29, 0.717) is 12.1 Å². The van der Waals surface area contributed by atoms with Gasteiger partial charge >= 0.3 is 0 Å². The lowest BCUT2D eigenvalue weighted by molar-refractivity contribution is 0.590. The number of rotatable bonds is 1. The minimum atomic E-state index is 0.471. The summed E-state index contributed by atoms with van der Waals surface area (Å²) in [6.45, 7) is 3.81. The summed E-state index contributed by atoms with van der Waals surface area (Å²) >= 11 is 1.59. The number of thiophene rings is 1. The first-order valence-corrected chi connectivity index (χ1v) is 6.08. The van der Waals surface area contributed by atoms with Gasteiger partial charge in [0.1, 0.15) is 0 Å². The van der Waals surface area contributed by atoms with Gasteiger partial charge in [0, 0.05) is 42.0 Å². The molecule has 2 aromatic rings. The van der Waals surface area contributed by atoms with Crippen LogP contribution in [0.5, 0.6) is 0 Å². The fourth-order valence-electron chi connectivity index (χ4n) is 2.01. The van der Waals surface area contributed by atoms with Crippen molar-refractivity contribution in [2.24, 2.45) is 0 Å². The van der Waals surface area contributed by atoms with E-state index in [9.17, 15) is 0 Å². The summed E-state index contributed by atoms with van der Waals surface area (Å²) in [4.78, 5) is 2.26. The molecule has 0 spiro atoms. The van der Waals surface area contributed by atoms with Crippen LogP contribution in [0.1, 0.15) is 2.74 Å². The van der Waals surface area contributed by atoms with Crippen molar-refractivity contribution in [3.8, 4) is 0 Å². The quantitative estimate of drug-likeness (QED) is 0.793. The highest BCUT2D eigenvalue weighted by Crippen LogP contribution is 2.30. The second-order valence-corrected chi connectivity index (χ2v) is 4.60. The van der Waals surface area contributed by atoms with Gasteiger partial charge in [-0.15, -0.1) is 11.3 Å². The number of hydrogen-bond donors (Lipinski definition) is 1. The van der Waals surface area contributed by atoms with Gasteiger partial charge in [0.2, 0.25) is 0 Å². The summed E-state index contributed by atoms with van der Waals surface area (Å²) in [5, 5.41) is 6.39. The van der Waals surface area contributed by atoms with E-state index in [2.05, 4.69) is 10.2 Å². The molecule has 0 saturated carbocycles. The number of anilines is 1.